The van der Waals surface area contributed by atoms with Crippen molar-refractivity contribution in [2.45, 2.75) is 42.8 Å². The summed E-state index contributed by atoms with van der Waals surface area (Å²) in [4.78, 5) is 9.63. The van der Waals surface area contributed by atoms with Crippen molar-refractivity contribution in [2.75, 3.05) is 5.75 Å². The van der Waals surface area contributed by atoms with E-state index in [9.17, 15) is 22.0 Å². The van der Waals surface area contributed by atoms with E-state index in [0.717, 1.165) is 34.6 Å². The normalized spacial score (nSPS) is 14.8. The van der Waals surface area contributed by atoms with Gasteiger partial charge in [-0.15, -0.1) is 22.0 Å². The molecule has 1 aliphatic rings. The summed E-state index contributed by atoms with van der Waals surface area (Å²) in [6.07, 6.45) is 1.85. The van der Waals surface area contributed by atoms with Gasteiger partial charge in [0, 0.05) is 35.5 Å². The first kappa shape index (κ1) is 22.7. The molecule has 1 fully saturated rings. The second-order valence-corrected chi connectivity index (χ2v) is 9.25. The van der Waals surface area contributed by atoms with Crippen LogP contribution in [0.2, 0.25) is 0 Å². The number of rotatable bonds is 6. The molecule has 7 nitrogen and oxygen atoms in total. The first-order valence-electron chi connectivity index (χ1n) is 10.4. The minimum Gasteiger partial charge on any atom is -0.309 e. The molecule has 1 aliphatic carbocycles. The molecule has 0 aromatic carbocycles. The van der Waals surface area contributed by atoms with Gasteiger partial charge >= 0.3 is 12.1 Å². The number of aryl methyl sites for hydroxylation is 1. The number of hydrogen-bond acceptors (Lipinski definition) is 6. The van der Waals surface area contributed by atoms with E-state index in [2.05, 4.69) is 25.3 Å². The van der Waals surface area contributed by atoms with Crippen molar-refractivity contribution in [3.63, 3.8) is 0 Å². The van der Waals surface area contributed by atoms with Crippen molar-refractivity contribution >= 4 is 22.9 Å². The first-order valence-corrected chi connectivity index (χ1v) is 11.4. The fourth-order valence-corrected chi connectivity index (χ4v) is 4.36. The van der Waals surface area contributed by atoms with Gasteiger partial charge < -0.3 is 4.57 Å². The highest BCUT2D eigenvalue weighted by Gasteiger charge is 2.60. The summed E-state index contributed by atoms with van der Waals surface area (Å²) in [5.41, 5.74) is 0.679. The summed E-state index contributed by atoms with van der Waals surface area (Å²) in [7, 11) is 1.58. The van der Waals surface area contributed by atoms with Crippen LogP contribution in [0.25, 0.3) is 33.8 Å². The number of thioether (sulfide) groups is 1. The number of nitrogens with zero attached hydrogens (tertiary/aromatic N) is 7. The Morgan fingerprint density at radius 3 is 2.50 bits per heavy atom. The molecule has 34 heavy (non-hydrogen) atoms. The second-order valence-electron chi connectivity index (χ2n) is 7.95. The maximum Gasteiger partial charge on any atom is 0.459 e. The third-order valence-corrected chi connectivity index (χ3v) is 6.43. The van der Waals surface area contributed by atoms with Gasteiger partial charge in [-0.1, -0.05) is 6.92 Å². The fourth-order valence-electron chi connectivity index (χ4n) is 3.56. The molecule has 1 saturated carbocycles. The summed E-state index contributed by atoms with van der Waals surface area (Å²) in [5.74, 6) is -4.13. The Labute approximate surface area is 194 Å². The van der Waals surface area contributed by atoms with Crippen molar-refractivity contribution < 1.29 is 22.0 Å². The van der Waals surface area contributed by atoms with Gasteiger partial charge in [0.1, 0.15) is 16.9 Å². The molecule has 5 rings (SSSR count). The van der Waals surface area contributed by atoms with E-state index in [4.69, 9.17) is 0 Å². The zero-order valence-electron chi connectivity index (χ0n) is 18.0. The molecule has 0 bridgehead atoms. The summed E-state index contributed by atoms with van der Waals surface area (Å²) in [6.45, 7) is 1.97. The van der Waals surface area contributed by atoms with Gasteiger partial charge in [0.15, 0.2) is 11.5 Å². The summed E-state index contributed by atoms with van der Waals surface area (Å²) < 4.78 is 69.3. The summed E-state index contributed by atoms with van der Waals surface area (Å²) in [6, 6.07) is 3.01. The molecule has 0 amide bonds. The third kappa shape index (κ3) is 3.81. The van der Waals surface area contributed by atoms with Crippen molar-refractivity contribution in [2.24, 2.45) is 7.05 Å². The number of alkyl halides is 5. The topological polar surface area (TPSA) is 74.3 Å². The Balaban J connectivity index is 1.57. The maximum absolute atomic E-state index is 13.8. The van der Waals surface area contributed by atoms with Crippen LogP contribution in [0.1, 0.15) is 31.5 Å². The van der Waals surface area contributed by atoms with Gasteiger partial charge in [0.05, 0.1) is 12.2 Å². The van der Waals surface area contributed by atoms with Crippen LogP contribution in [-0.2, 0) is 13.0 Å². The van der Waals surface area contributed by atoms with E-state index in [1.165, 1.54) is 16.3 Å². The van der Waals surface area contributed by atoms with Crippen LogP contribution in [0.15, 0.2) is 35.6 Å². The molecule has 4 aromatic heterocycles. The van der Waals surface area contributed by atoms with Crippen molar-refractivity contribution in [3.8, 4) is 22.6 Å². The molecular weight excluding hydrogens is 477 g/mol. The van der Waals surface area contributed by atoms with Crippen molar-refractivity contribution in [1.82, 2.24) is 34.5 Å². The third-order valence-electron chi connectivity index (χ3n) is 5.51. The van der Waals surface area contributed by atoms with E-state index >= 15 is 0 Å². The smallest absolute Gasteiger partial charge is 0.309 e. The standard InChI is InChI=1S/C21H18F5N7S/c1-3-34-15-6-11(12-9-28-33(10-12)13-4-5-13)8-27-17(15)19-29-14-7-16(20(22,23)21(24,25)26)30-31-18(14)32(19)2/h6-10,13H,3-5H2,1-2H3. The van der Waals surface area contributed by atoms with E-state index in [1.807, 2.05) is 23.9 Å². The first-order chi connectivity index (χ1) is 16.1. The minimum atomic E-state index is -5.79. The Bertz CT molecular complexity index is 1370. The van der Waals surface area contributed by atoms with E-state index in [1.54, 1.807) is 19.4 Å². The van der Waals surface area contributed by atoms with Crippen molar-refractivity contribution in [1.29, 1.82) is 0 Å². The van der Waals surface area contributed by atoms with Crippen LogP contribution in [0.4, 0.5) is 22.0 Å². The monoisotopic (exact) mass is 495 g/mol. The molecule has 0 aliphatic heterocycles. The Morgan fingerprint density at radius 2 is 1.82 bits per heavy atom. The van der Waals surface area contributed by atoms with Gasteiger partial charge in [0.25, 0.3) is 0 Å². The molecule has 0 N–H and O–H groups in total. The lowest BCUT2D eigenvalue weighted by Gasteiger charge is -2.17. The lowest BCUT2D eigenvalue weighted by atomic mass is 10.1. The number of fused-ring (bicyclic) bond motifs is 1. The van der Waals surface area contributed by atoms with Crippen molar-refractivity contribution in [3.05, 3.63) is 36.4 Å². The summed E-state index contributed by atoms with van der Waals surface area (Å²) in [5, 5.41) is 11.1. The Morgan fingerprint density at radius 1 is 1.06 bits per heavy atom. The average Bonchev–Trinajstić information content (AvgIpc) is 3.43. The number of pyridine rings is 1. The van der Waals surface area contributed by atoms with Crippen LogP contribution in [0, 0.1) is 0 Å². The number of hydrogen-bond donors (Lipinski definition) is 0. The largest absolute Gasteiger partial charge is 0.459 e. The fraction of sp³-hybridized carbons (Fsp3) is 0.381. The molecule has 0 unspecified atom stereocenters. The molecular formula is C21H18F5N7S. The van der Waals surface area contributed by atoms with Crippen LogP contribution in [0.5, 0.6) is 0 Å². The second kappa shape index (κ2) is 8.00. The van der Waals surface area contributed by atoms with Crippen LogP contribution < -0.4 is 0 Å². The van der Waals surface area contributed by atoms with Gasteiger partial charge in [-0.25, -0.2) is 4.98 Å². The molecule has 178 valence electrons. The maximum atomic E-state index is 13.8. The zero-order chi connectivity index (χ0) is 24.3. The van der Waals surface area contributed by atoms with Gasteiger partial charge in [-0.05, 0) is 30.7 Å². The quantitative estimate of drug-likeness (QED) is 0.264. The summed E-state index contributed by atoms with van der Waals surface area (Å²) >= 11 is 1.51. The molecule has 4 heterocycles. The van der Waals surface area contributed by atoms with Gasteiger partial charge in [0.2, 0.25) is 0 Å². The van der Waals surface area contributed by atoms with Gasteiger partial charge in [-0.3, -0.25) is 9.67 Å². The Kier molecular flexibility index (Phi) is 5.34. The number of aromatic nitrogens is 7. The van der Waals surface area contributed by atoms with Crippen LogP contribution in [-0.4, -0.2) is 46.4 Å². The lowest BCUT2D eigenvalue weighted by Crippen LogP contribution is -2.34. The van der Waals surface area contributed by atoms with Crippen LogP contribution >= 0.6 is 11.8 Å². The van der Waals surface area contributed by atoms with Crippen LogP contribution in [0.3, 0.4) is 0 Å². The molecule has 0 radical (unpaired) electrons. The predicted octanol–water partition coefficient (Wildman–Crippen LogP) is 5.39. The van der Waals surface area contributed by atoms with Gasteiger partial charge in [-0.2, -0.15) is 27.1 Å². The molecule has 0 atom stereocenters. The predicted molar refractivity (Wildman–Crippen MR) is 115 cm³/mol. The molecule has 4 aromatic rings. The van der Waals surface area contributed by atoms with E-state index in [-0.39, 0.29) is 17.0 Å². The average molecular weight is 495 g/mol. The zero-order valence-corrected chi connectivity index (χ0v) is 18.8. The number of halogens is 5. The highest BCUT2D eigenvalue weighted by molar-refractivity contribution is 7.99. The SMILES string of the molecule is CCSc1cc(-c2cnn(C3CC3)c2)cnc1-c1nc2cc(C(F)(F)C(F)(F)F)nnc2n1C. The van der Waals surface area contributed by atoms with E-state index in [0.29, 0.717) is 17.8 Å². The lowest BCUT2D eigenvalue weighted by molar-refractivity contribution is -0.291. The molecule has 0 spiro atoms. The number of imidazole rings is 1. The molecule has 0 saturated heterocycles. The minimum absolute atomic E-state index is 0.0701. The molecule has 13 heteroatoms. The van der Waals surface area contributed by atoms with E-state index < -0.39 is 17.8 Å². The Hall–Kier alpha value is -3.09. The highest BCUT2D eigenvalue weighted by Crippen LogP contribution is 2.43. The highest BCUT2D eigenvalue weighted by atomic mass is 32.2.